The average Bonchev–Trinajstić information content (AvgIpc) is 2.81. The van der Waals surface area contributed by atoms with Gasteiger partial charge in [0.2, 0.25) is 0 Å². The third kappa shape index (κ3) is 3.35. The molecule has 84 valence electrons. The molecule has 0 amide bonds. The first-order chi connectivity index (χ1) is 7.88. The average molecular weight is 216 g/mol. The maximum atomic E-state index is 10.4. The second kappa shape index (κ2) is 6.56. The van der Waals surface area contributed by atoms with Gasteiger partial charge in [-0.2, -0.15) is 5.10 Å². The van der Waals surface area contributed by atoms with Crippen molar-refractivity contribution >= 4 is 6.29 Å². The first-order valence-corrected chi connectivity index (χ1v) is 5.41. The van der Waals surface area contributed by atoms with Crippen LogP contribution in [0.25, 0.3) is 0 Å². The van der Waals surface area contributed by atoms with Gasteiger partial charge in [-0.3, -0.25) is 9.48 Å². The SMILES string of the molecule is CC.O=Cc1ccn(Cc2ccccc2)n1. The highest BCUT2D eigenvalue weighted by Gasteiger charge is 1.97. The molecule has 1 aromatic carbocycles. The van der Waals surface area contributed by atoms with E-state index in [1.54, 1.807) is 16.9 Å². The molecule has 16 heavy (non-hydrogen) atoms. The van der Waals surface area contributed by atoms with Gasteiger partial charge in [-0.15, -0.1) is 0 Å². The summed E-state index contributed by atoms with van der Waals surface area (Å²) in [5, 5.41) is 4.07. The second-order valence-corrected chi connectivity index (χ2v) is 3.04. The van der Waals surface area contributed by atoms with Crippen LogP contribution in [0.1, 0.15) is 29.9 Å². The lowest BCUT2D eigenvalue weighted by Gasteiger charge is -2.00. The summed E-state index contributed by atoms with van der Waals surface area (Å²) >= 11 is 0. The molecule has 2 aromatic rings. The Bertz CT molecular complexity index is 421. The standard InChI is InChI=1S/C11H10N2O.C2H6/c14-9-11-6-7-13(12-11)8-10-4-2-1-3-5-10;1-2/h1-7,9H,8H2;1-2H3. The van der Waals surface area contributed by atoms with Crippen LogP contribution in [-0.2, 0) is 6.54 Å². The van der Waals surface area contributed by atoms with Crippen LogP contribution in [-0.4, -0.2) is 16.1 Å². The largest absolute Gasteiger partial charge is 0.296 e. The van der Waals surface area contributed by atoms with E-state index in [2.05, 4.69) is 5.10 Å². The zero-order valence-corrected chi connectivity index (χ0v) is 9.63. The Kier molecular flexibility index (Phi) is 4.99. The number of hydrogen-bond acceptors (Lipinski definition) is 2. The maximum Gasteiger partial charge on any atom is 0.170 e. The van der Waals surface area contributed by atoms with E-state index in [0.29, 0.717) is 12.2 Å². The van der Waals surface area contributed by atoms with Crippen molar-refractivity contribution < 1.29 is 4.79 Å². The third-order valence-electron chi connectivity index (χ3n) is 1.97. The molecule has 0 unspecified atom stereocenters. The fourth-order valence-corrected chi connectivity index (χ4v) is 1.30. The van der Waals surface area contributed by atoms with Gasteiger partial charge in [0, 0.05) is 6.20 Å². The van der Waals surface area contributed by atoms with Crippen LogP contribution < -0.4 is 0 Å². The van der Waals surface area contributed by atoms with E-state index in [4.69, 9.17) is 0 Å². The molecule has 0 atom stereocenters. The monoisotopic (exact) mass is 216 g/mol. The topological polar surface area (TPSA) is 34.9 Å². The van der Waals surface area contributed by atoms with Crippen molar-refractivity contribution in [2.75, 3.05) is 0 Å². The molecule has 0 aliphatic heterocycles. The smallest absolute Gasteiger partial charge is 0.170 e. The zero-order valence-electron chi connectivity index (χ0n) is 9.63. The highest BCUT2D eigenvalue weighted by molar-refractivity contribution is 5.71. The molecular formula is C13H16N2O. The van der Waals surface area contributed by atoms with Crippen molar-refractivity contribution in [2.24, 2.45) is 0 Å². The van der Waals surface area contributed by atoms with Crippen molar-refractivity contribution in [1.29, 1.82) is 0 Å². The van der Waals surface area contributed by atoms with Gasteiger partial charge in [-0.05, 0) is 11.6 Å². The van der Waals surface area contributed by atoms with Crippen LogP contribution in [0.5, 0.6) is 0 Å². The summed E-state index contributed by atoms with van der Waals surface area (Å²) in [7, 11) is 0. The molecule has 0 N–H and O–H groups in total. The van der Waals surface area contributed by atoms with Gasteiger partial charge in [0.15, 0.2) is 6.29 Å². The Morgan fingerprint density at radius 2 is 1.88 bits per heavy atom. The van der Waals surface area contributed by atoms with Gasteiger partial charge in [-0.25, -0.2) is 0 Å². The Morgan fingerprint density at radius 3 is 2.44 bits per heavy atom. The molecule has 3 heteroatoms. The minimum atomic E-state index is 0.473. The van der Waals surface area contributed by atoms with Crippen molar-refractivity contribution in [3.05, 3.63) is 53.9 Å². The summed E-state index contributed by atoms with van der Waals surface area (Å²) in [6.07, 6.45) is 2.55. The van der Waals surface area contributed by atoms with Gasteiger partial charge in [0.1, 0.15) is 5.69 Å². The van der Waals surface area contributed by atoms with E-state index in [0.717, 1.165) is 6.29 Å². The lowest BCUT2D eigenvalue weighted by molar-refractivity contribution is 0.111. The number of carbonyl (C=O) groups excluding carboxylic acids is 1. The summed E-state index contributed by atoms with van der Waals surface area (Å²) in [4.78, 5) is 10.4. The van der Waals surface area contributed by atoms with Crippen molar-refractivity contribution in [2.45, 2.75) is 20.4 Å². The van der Waals surface area contributed by atoms with Crippen LogP contribution in [0.2, 0.25) is 0 Å². The van der Waals surface area contributed by atoms with Crippen LogP contribution in [0, 0.1) is 0 Å². The summed E-state index contributed by atoms with van der Waals surface area (Å²) < 4.78 is 1.75. The van der Waals surface area contributed by atoms with E-state index < -0.39 is 0 Å². The van der Waals surface area contributed by atoms with E-state index in [1.165, 1.54) is 5.56 Å². The Balaban J connectivity index is 0.000000606. The number of benzene rings is 1. The molecule has 0 spiro atoms. The molecule has 0 saturated carbocycles. The van der Waals surface area contributed by atoms with Crippen molar-refractivity contribution in [3.63, 3.8) is 0 Å². The maximum absolute atomic E-state index is 10.4. The molecule has 0 aliphatic carbocycles. The van der Waals surface area contributed by atoms with E-state index in [9.17, 15) is 4.79 Å². The fraction of sp³-hybridized carbons (Fsp3) is 0.231. The highest BCUT2D eigenvalue weighted by atomic mass is 16.1. The number of aldehydes is 1. The zero-order chi connectivity index (χ0) is 11.8. The van der Waals surface area contributed by atoms with E-state index in [-0.39, 0.29) is 0 Å². The second-order valence-electron chi connectivity index (χ2n) is 3.04. The van der Waals surface area contributed by atoms with Crippen LogP contribution >= 0.6 is 0 Å². The van der Waals surface area contributed by atoms with E-state index in [1.807, 2.05) is 44.2 Å². The molecule has 2 rings (SSSR count). The minimum Gasteiger partial charge on any atom is -0.296 e. The van der Waals surface area contributed by atoms with Crippen LogP contribution in [0.4, 0.5) is 0 Å². The summed E-state index contributed by atoms with van der Waals surface area (Å²) in [6.45, 7) is 4.70. The Morgan fingerprint density at radius 1 is 1.19 bits per heavy atom. The molecule has 1 aromatic heterocycles. The number of hydrogen-bond donors (Lipinski definition) is 0. The molecule has 0 bridgehead atoms. The molecular weight excluding hydrogens is 200 g/mol. The molecule has 0 fully saturated rings. The Hall–Kier alpha value is -1.90. The minimum absolute atomic E-state index is 0.473. The predicted octanol–water partition coefficient (Wildman–Crippen LogP) is 2.77. The third-order valence-corrected chi connectivity index (χ3v) is 1.97. The predicted molar refractivity (Wildman–Crippen MR) is 64.5 cm³/mol. The number of aromatic nitrogens is 2. The summed E-state index contributed by atoms with van der Waals surface area (Å²) in [5.41, 5.74) is 1.65. The normalized spacial score (nSPS) is 9.12. The number of nitrogens with zero attached hydrogens (tertiary/aromatic N) is 2. The molecule has 0 radical (unpaired) electrons. The van der Waals surface area contributed by atoms with E-state index >= 15 is 0 Å². The van der Waals surface area contributed by atoms with Gasteiger partial charge >= 0.3 is 0 Å². The van der Waals surface area contributed by atoms with Crippen molar-refractivity contribution in [3.8, 4) is 0 Å². The van der Waals surface area contributed by atoms with Crippen molar-refractivity contribution in [1.82, 2.24) is 9.78 Å². The first-order valence-electron chi connectivity index (χ1n) is 5.41. The summed E-state index contributed by atoms with van der Waals surface area (Å²) in [6, 6.07) is 11.7. The van der Waals surface area contributed by atoms with Gasteiger partial charge in [0.05, 0.1) is 6.54 Å². The summed E-state index contributed by atoms with van der Waals surface area (Å²) in [5.74, 6) is 0. The lowest BCUT2D eigenvalue weighted by atomic mass is 10.2. The van der Waals surface area contributed by atoms with Crippen LogP contribution in [0.3, 0.4) is 0 Å². The molecule has 3 nitrogen and oxygen atoms in total. The lowest BCUT2D eigenvalue weighted by Crippen LogP contribution is -2.00. The van der Waals surface area contributed by atoms with Crippen LogP contribution in [0.15, 0.2) is 42.6 Å². The molecule has 1 heterocycles. The van der Waals surface area contributed by atoms with Gasteiger partial charge in [0.25, 0.3) is 0 Å². The van der Waals surface area contributed by atoms with Gasteiger partial charge in [-0.1, -0.05) is 44.2 Å². The van der Waals surface area contributed by atoms with Gasteiger partial charge < -0.3 is 0 Å². The number of rotatable bonds is 3. The molecule has 0 saturated heterocycles. The Labute approximate surface area is 95.7 Å². The number of carbonyl (C=O) groups is 1. The highest BCUT2D eigenvalue weighted by Crippen LogP contribution is 2.01. The first kappa shape index (κ1) is 12.2. The molecule has 0 aliphatic rings. The quantitative estimate of drug-likeness (QED) is 0.739. The fourth-order valence-electron chi connectivity index (χ4n) is 1.30.